The van der Waals surface area contributed by atoms with E-state index in [9.17, 15) is 0 Å². The summed E-state index contributed by atoms with van der Waals surface area (Å²) in [6, 6.07) is 5.86. The molecule has 3 nitrogen and oxygen atoms in total. The fraction of sp³-hybridized carbons (Fsp3) is 0.538. The standard InChI is InChI=1S/C13H17N3S/c1-17-13-4-2-3-7-16(10-13)12-6-5-11(8-14)15-9-12/h5-6,9,13H,2-4,7,10H2,1H3. The Bertz CT molecular complexity index is 396. The molecular weight excluding hydrogens is 230 g/mol. The highest BCUT2D eigenvalue weighted by atomic mass is 32.2. The van der Waals surface area contributed by atoms with E-state index in [1.54, 1.807) is 6.07 Å². The fourth-order valence-electron chi connectivity index (χ4n) is 2.17. The second kappa shape index (κ2) is 5.92. The number of nitriles is 1. The van der Waals surface area contributed by atoms with Gasteiger partial charge in [0.2, 0.25) is 0 Å². The summed E-state index contributed by atoms with van der Waals surface area (Å²) in [4.78, 5) is 6.54. The highest BCUT2D eigenvalue weighted by Crippen LogP contribution is 2.24. The van der Waals surface area contributed by atoms with Crippen molar-refractivity contribution in [3.8, 4) is 6.07 Å². The number of nitrogens with zero attached hydrogens (tertiary/aromatic N) is 3. The number of rotatable bonds is 2. The first-order chi connectivity index (χ1) is 8.33. The highest BCUT2D eigenvalue weighted by molar-refractivity contribution is 7.99. The van der Waals surface area contributed by atoms with Crippen molar-refractivity contribution < 1.29 is 0 Å². The van der Waals surface area contributed by atoms with E-state index < -0.39 is 0 Å². The van der Waals surface area contributed by atoms with Gasteiger partial charge in [-0.1, -0.05) is 6.42 Å². The lowest BCUT2D eigenvalue weighted by Gasteiger charge is -2.25. The first-order valence-corrected chi connectivity index (χ1v) is 7.26. The predicted molar refractivity (Wildman–Crippen MR) is 72.3 cm³/mol. The summed E-state index contributed by atoms with van der Waals surface area (Å²) in [5.74, 6) is 0. The molecule has 1 saturated heterocycles. The Morgan fingerprint density at radius 3 is 3.00 bits per heavy atom. The Morgan fingerprint density at radius 1 is 1.47 bits per heavy atom. The molecule has 90 valence electrons. The number of hydrogen-bond acceptors (Lipinski definition) is 4. The number of hydrogen-bond donors (Lipinski definition) is 0. The average molecular weight is 247 g/mol. The van der Waals surface area contributed by atoms with Gasteiger partial charge in [-0.05, 0) is 31.2 Å². The number of aromatic nitrogens is 1. The van der Waals surface area contributed by atoms with E-state index in [0.717, 1.165) is 18.8 Å². The van der Waals surface area contributed by atoms with Crippen LogP contribution in [0.4, 0.5) is 5.69 Å². The molecule has 1 aliphatic rings. The normalized spacial score (nSPS) is 20.7. The maximum absolute atomic E-state index is 8.73. The molecule has 0 saturated carbocycles. The molecule has 2 rings (SSSR count). The van der Waals surface area contributed by atoms with Crippen molar-refractivity contribution in [2.24, 2.45) is 0 Å². The molecule has 1 atom stereocenters. The third kappa shape index (κ3) is 3.13. The van der Waals surface area contributed by atoms with Crippen LogP contribution in [-0.2, 0) is 0 Å². The maximum Gasteiger partial charge on any atom is 0.140 e. The summed E-state index contributed by atoms with van der Waals surface area (Å²) in [6.07, 6.45) is 7.87. The summed E-state index contributed by atoms with van der Waals surface area (Å²) >= 11 is 1.95. The molecule has 0 radical (unpaired) electrons. The molecule has 17 heavy (non-hydrogen) atoms. The van der Waals surface area contributed by atoms with Gasteiger partial charge in [-0.15, -0.1) is 0 Å². The van der Waals surface area contributed by atoms with Crippen molar-refractivity contribution in [3.63, 3.8) is 0 Å². The molecule has 1 aromatic heterocycles. The van der Waals surface area contributed by atoms with Crippen LogP contribution in [0, 0.1) is 11.3 Å². The average Bonchev–Trinajstić information content (AvgIpc) is 2.64. The summed E-state index contributed by atoms with van der Waals surface area (Å²) in [7, 11) is 0. The summed E-state index contributed by atoms with van der Waals surface area (Å²) in [5, 5.41) is 9.45. The zero-order chi connectivity index (χ0) is 12.1. The van der Waals surface area contributed by atoms with E-state index >= 15 is 0 Å². The second-order valence-corrected chi connectivity index (χ2v) is 5.45. The largest absolute Gasteiger partial charge is 0.369 e. The lowest BCUT2D eigenvalue weighted by Crippen LogP contribution is -2.29. The zero-order valence-electron chi connectivity index (χ0n) is 10.1. The van der Waals surface area contributed by atoms with Gasteiger partial charge >= 0.3 is 0 Å². The molecule has 1 aliphatic heterocycles. The minimum Gasteiger partial charge on any atom is -0.369 e. The Kier molecular flexibility index (Phi) is 4.27. The minimum absolute atomic E-state index is 0.491. The maximum atomic E-state index is 8.73. The van der Waals surface area contributed by atoms with Gasteiger partial charge in [0.05, 0.1) is 11.9 Å². The summed E-state index contributed by atoms with van der Waals surface area (Å²) in [5.41, 5.74) is 1.63. The molecule has 1 fully saturated rings. The van der Waals surface area contributed by atoms with Crippen molar-refractivity contribution in [2.75, 3.05) is 24.2 Å². The quantitative estimate of drug-likeness (QED) is 0.805. The molecule has 0 N–H and O–H groups in total. The van der Waals surface area contributed by atoms with Crippen LogP contribution in [0.5, 0.6) is 0 Å². The van der Waals surface area contributed by atoms with Crippen LogP contribution in [0.2, 0.25) is 0 Å². The molecule has 2 heterocycles. The summed E-state index contributed by atoms with van der Waals surface area (Å²) < 4.78 is 0. The van der Waals surface area contributed by atoms with Gasteiger partial charge in [0, 0.05) is 18.3 Å². The van der Waals surface area contributed by atoms with Gasteiger partial charge in [0.1, 0.15) is 11.8 Å². The van der Waals surface area contributed by atoms with Gasteiger partial charge in [0.25, 0.3) is 0 Å². The van der Waals surface area contributed by atoms with Crippen molar-refractivity contribution in [1.29, 1.82) is 5.26 Å². The van der Waals surface area contributed by atoms with Crippen LogP contribution in [0.15, 0.2) is 18.3 Å². The Morgan fingerprint density at radius 2 is 2.35 bits per heavy atom. The zero-order valence-corrected chi connectivity index (χ0v) is 10.9. The Labute approximate surface area is 107 Å². The first kappa shape index (κ1) is 12.3. The van der Waals surface area contributed by atoms with Crippen LogP contribution in [0.3, 0.4) is 0 Å². The van der Waals surface area contributed by atoms with Crippen LogP contribution in [0.1, 0.15) is 25.0 Å². The lowest BCUT2D eigenvalue weighted by atomic mass is 10.2. The van der Waals surface area contributed by atoms with Gasteiger partial charge in [-0.25, -0.2) is 4.98 Å². The SMILES string of the molecule is CSC1CCCCN(c2ccc(C#N)nc2)C1. The van der Waals surface area contributed by atoms with Gasteiger partial charge < -0.3 is 4.90 Å². The minimum atomic E-state index is 0.491. The van der Waals surface area contributed by atoms with Crippen LogP contribution < -0.4 is 4.90 Å². The lowest BCUT2D eigenvalue weighted by molar-refractivity contribution is 0.736. The van der Waals surface area contributed by atoms with Crippen LogP contribution in [-0.4, -0.2) is 29.6 Å². The van der Waals surface area contributed by atoms with Gasteiger partial charge in [-0.2, -0.15) is 17.0 Å². The van der Waals surface area contributed by atoms with Crippen LogP contribution in [0.25, 0.3) is 0 Å². The highest BCUT2D eigenvalue weighted by Gasteiger charge is 2.17. The predicted octanol–water partition coefficient (Wildman–Crippen LogP) is 2.68. The number of thioether (sulfide) groups is 1. The van der Waals surface area contributed by atoms with Crippen molar-refractivity contribution in [2.45, 2.75) is 24.5 Å². The molecule has 0 amide bonds. The monoisotopic (exact) mass is 247 g/mol. The molecule has 0 aromatic carbocycles. The number of anilines is 1. The molecular formula is C13H17N3S. The first-order valence-electron chi connectivity index (χ1n) is 5.97. The van der Waals surface area contributed by atoms with E-state index in [-0.39, 0.29) is 0 Å². The van der Waals surface area contributed by atoms with E-state index in [4.69, 9.17) is 5.26 Å². The van der Waals surface area contributed by atoms with Gasteiger partial charge in [0.15, 0.2) is 0 Å². The van der Waals surface area contributed by atoms with Crippen LogP contribution >= 0.6 is 11.8 Å². The topological polar surface area (TPSA) is 39.9 Å². The van der Waals surface area contributed by atoms with E-state index in [1.807, 2.05) is 24.0 Å². The molecule has 0 spiro atoms. The van der Waals surface area contributed by atoms with E-state index in [0.29, 0.717) is 10.9 Å². The molecule has 4 heteroatoms. The van der Waals surface area contributed by atoms with Crippen molar-refractivity contribution in [1.82, 2.24) is 4.98 Å². The van der Waals surface area contributed by atoms with E-state index in [1.165, 1.54) is 19.3 Å². The number of pyridine rings is 1. The molecule has 1 aromatic rings. The second-order valence-electron chi connectivity index (χ2n) is 4.31. The summed E-state index contributed by atoms with van der Waals surface area (Å²) in [6.45, 7) is 2.19. The molecule has 0 bridgehead atoms. The third-order valence-corrected chi connectivity index (χ3v) is 4.24. The fourth-order valence-corrected chi connectivity index (χ4v) is 2.90. The molecule has 0 aliphatic carbocycles. The van der Waals surface area contributed by atoms with Crippen molar-refractivity contribution in [3.05, 3.63) is 24.0 Å². The molecule has 1 unspecified atom stereocenters. The smallest absolute Gasteiger partial charge is 0.140 e. The third-order valence-electron chi connectivity index (χ3n) is 3.19. The Balaban J connectivity index is 2.11. The van der Waals surface area contributed by atoms with Crippen molar-refractivity contribution >= 4 is 17.4 Å². The Hall–Kier alpha value is -1.21. The van der Waals surface area contributed by atoms with E-state index in [2.05, 4.69) is 22.2 Å². The van der Waals surface area contributed by atoms with Gasteiger partial charge in [-0.3, -0.25) is 0 Å².